The van der Waals surface area contributed by atoms with Crippen molar-refractivity contribution in [1.29, 1.82) is 0 Å². The Labute approximate surface area is 190 Å². The second-order valence-corrected chi connectivity index (χ2v) is 11.1. The molecule has 176 valence electrons. The summed E-state index contributed by atoms with van der Waals surface area (Å²) >= 11 is 0. The molecule has 3 fully saturated rings. The number of ether oxygens (including phenoxy) is 1. The summed E-state index contributed by atoms with van der Waals surface area (Å²) in [6.45, 7) is 6.26. The standard InChI is InChI=1S/C26H36O6/c1-15(27)18-7-8-19-17-14-22(32-24(31)6-4-5-23(29)30)21-13-16(28)9-11-26(21,3)20(17)10-12-25(18,19)2/h13,17-20,22H,4-12,14H2,1-3H3,(H,29,30)/t17-,18+,19-,20-,22-,25+,26+/m0/s1. The van der Waals surface area contributed by atoms with Crippen LogP contribution in [0.4, 0.5) is 0 Å². The van der Waals surface area contributed by atoms with Gasteiger partial charge in [0, 0.05) is 25.2 Å². The number of hydrogen-bond donors (Lipinski definition) is 1. The molecule has 0 saturated heterocycles. The van der Waals surface area contributed by atoms with Crippen LogP contribution in [0.3, 0.4) is 0 Å². The predicted molar refractivity (Wildman–Crippen MR) is 118 cm³/mol. The van der Waals surface area contributed by atoms with E-state index >= 15 is 0 Å². The number of Topliss-reactive ketones (excluding diaryl/α,β-unsaturated/α-hetero) is 1. The van der Waals surface area contributed by atoms with Crippen molar-refractivity contribution in [2.24, 2.45) is 34.5 Å². The van der Waals surface area contributed by atoms with Gasteiger partial charge in [-0.1, -0.05) is 13.8 Å². The minimum Gasteiger partial charge on any atom is -0.481 e. The van der Waals surface area contributed by atoms with Crippen molar-refractivity contribution in [2.75, 3.05) is 0 Å². The molecular weight excluding hydrogens is 408 g/mol. The van der Waals surface area contributed by atoms with E-state index in [4.69, 9.17) is 9.84 Å². The number of carboxylic acids is 1. The molecule has 4 rings (SSSR count). The van der Waals surface area contributed by atoms with Crippen LogP contribution in [0.15, 0.2) is 11.6 Å². The van der Waals surface area contributed by atoms with Gasteiger partial charge in [-0.2, -0.15) is 0 Å². The fourth-order valence-corrected chi connectivity index (χ4v) is 7.96. The largest absolute Gasteiger partial charge is 0.481 e. The predicted octanol–water partition coefficient (Wildman–Crippen LogP) is 4.50. The van der Waals surface area contributed by atoms with Gasteiger partial charge in [-0.25, -0.2) is 0 Å². The molecular formula is C26H36O6. The fourth-order valence-electron chi connectivity index (χ4n) is 7.96. The number of carbonyl (C=O) groups excluding carboxylic acids is 3. The van der Waals surface area contributed by atoms with Crippen molar-refractivity contribution >= 4 is 23.5 Å². The van der Waals surface area contributed by atoms with Gasteiger partial charge in [0.2, 0.25) is 0 Å². The van der Waals surface area contributed by atoms with Crippen molar-refractivity contribution < 1.29 is 29.0 Å². The molecule has 6 nitrogen and oxygen atoms in total. The van der Waals surface area contributed by atoms with Crippen molar-refractivity contribution in [3.05, 3.63) is 11.6 Å². The highest BCUT2D eigenvalue weighted by atomic mass is 16.5. The molecule has 0 amide bonds. The molecule has 7 atom stereocenters. The number of ketones is 2. The second-order valence-electron chi connectivity index (χ2n) is 11.1. The van der Waals surface area contributed by atoms with Crippen molar-refractivity contribution in [1.82, 2.24) is 0 Å². The summed E-state index contributed by atoms with van der Waals surface area (Å²) in [5.74, 6) is 0.430. The smallest absolute Gasteiger partial charge is 0.306 e. The van der Waals surface area contributed by atoms with E-state index in [1.807, 2.05) is 0 Å². The van der Waals surface area contributed by atoms with E-state index in [2.05, 4.69) is 13.8 Å². The van der Waals surface area contributed by atoms with Crippen molar-refractivity contribution in [3.8, 4) is 0 Å². The summed E-state index contributed by atoms with van der Waals surface area (Å²) in [6.07, 6.45) is 7.65. The van der Waals surface area contributed by atoms with E-state index in [-0.39, 0.29) is 47.8 Å². The lowest BCUT2D eigenvalue weighted by Gasteiger charge is -2.59. The average Bonchev–Trinajstić information content (AvgIpc) is 3.06. The van der Waals surface area contributed by atoms with E-state index < -0.39 is 12.1 Å². The Balaban J connectivity index is 1.61. The minimum absolute atomic E-state index is 0.00507. The van der Waals surface area contributed by atoms with E-state index in [0.717, 1.165) is 37.7 Å². The molecule has 0 heterocycles. The summed E-state index contributed by atoms with van der Waals surface area (Å²) in [6, 6.07) is 0. The maximum absolute atomic E-state index is 12.6. The molecule has 3 saturated carbocycles. The van der Waals surface area contributed by atoms with Gasteiger partial charge in [0.25, 0.3) is 0 Å². The highest BCUT2D eigenvalue weighted by Gasteiger charge is 2.61. The molecule has 6 heteroatoms. The van der Waals surface area contributed by atoms with Crippen LogP contribution in [0.25, 0.3) is 0 Å². The second kappa shape index (κ2) is 8.42. The molecule has 0 aromatic heterocycles. The maximum Gasteiger partial charge on any atom is 0.306 e. The molecule has 0 bridgehead atoms. The minimum atomic E-state index is -0.922. The average molecular weight is 445 g/mol. The lowest BCUT2D eigenvalue weighted by molar-refractivity contribution is -0.156. The van der Waals surface area contributed by atoms with Crippen LogP contribution in [-0.2, 0) is 23.9 Å². The summed E-state index contributed by atoms with van der Waals surface area (Å²) < 4.78 is 5.94. The zero-order valence-electron chi connectivity index (χ0n) is 19.5. The molecule has 0 spiro atoms. The number of esters is 1. The van der Waals surface area contributed by atoms with Crippen molar-refractivity contribution in [3.63, 3.8) is 0 Å². The zero-order chi connectivity index (χ0) is 23.3. The third-order valence-electron chi connectivity index (χ3n) is 9.49. The van der Waals surface area contributed by atoms with Gasteiger partial charge in [-0.15, -0.1) is 0 Å². The Kier molecular flexibility index (Phi) is 6.10. The Hall–Kier alpha value is -1.98. The molecule has 4 aliphatic rings. The molecule has 0 aliphatic heterocycles. The topological polar surface area (TPSA) is 97.7 Å². The lowest BCUT2D eigenvalue weighted by Crippen LogP contribution is -2.54. The Bertz CT molecular complexity index is 858. The molecule has 32 heavy (non-hydrogen) atoms. The van der Waals surface area contributed by atoms with Crippen LogP contribution in [0.5, 0.6) is 0 Å². The van der Waals surface area contributed by atoms with Gasteiger partial charge in [-0.05, 0) is 92.1 Å². The fraction of sp³-hybridized carbons (Fsp3) is 0.769. The van der Waals surface area contributed by atoms with E-state index in [9.17, 15) is 19.2 Å². The third-order valence-corrected chi connectivity index (χ3v) is 9.49. The number of carboxylic acid groups (broad SMARTS) is 1. The van der Waals surface area contributed by atoms with E-state index in [1.165, 1.54) is 0 Å². The molecule has 0 aromatic carbocycles. The van der Waals surface area contributed by atoms with Crippen molar-refractivity contribution in [2.45, 2.75) is 91.1 Å². The molecule has 0 radical (unpaired) electrons. The first-order valence-corrected chi connectivity index (χ1v) is 12.2. The summed E-state index contributed by atoms with van der Waals surface area (Å²) in [4.78, 5) is 48.1. The van der Waals surface area contributed by atoms with Crippen LogP contribution < -0.4 is 0 Å². The highest BCUT2D eigenvalue weighted by Crippen LogP contribution is 2.67. The Morgan fingerprint density at radius 3 is 2.53 bits per heavy atom. The quantitative estimate of drug-likeness (QED) is 0.606. The zero-order valence-corrected chi connectivity index (χ0v) is 19.5. The SMILES string of the molecule is CC(=O)[C@H]1CC[C@H]2[C@@H]3C[C@H](OC(=O)CCCC(=O)O)C4=CC(=O)CC[C@]4(C)[C@H]3CC[C@]12C. The number of rotatable bonds is 6. The Morgan fingerprint density at radius 1 is 1.09 bits per heavy atom. The normalized spacial score (nSPS) is 40.5. The van der Waals surface area contributed by atoms with Gasteiger partial charge in [0.15, 0.2) is 5.78 Å². The van der Waals surface area contributed by atoms with Gasteiger partial charge < -0.3 is 9.84 Å². The van der Waals surface area contributed by atoms with Crippen LogP contribution in [-0.4, -0.2) is 34.7 Å². The van der Waals surface area contributed by atoms with Crippen LogP contribution in [0.1, 0.15) is 85.0 Å². The monoisotopic (exact) mass is 444 g/mol. The number of aliphatic carboxylic acids is 1. The molecule has 0 aromatic rings. The summed E-state index contributed by atoms with van der Waals surface area (Å²) in [5, 5.41) is 8.84. The number of hydrogen-bond acceptors (Lipinski definition) is 5. The molecule has 1 N–H and O–H groups in total. The van der Waals surface area contributed by atoms with Gasteiger partial charge in [0.1, 0.15) is 11.9 Å². The van der Waals surface area contributed by atoms with Gasteiger partial charge in [0.05, 0.1) is 0 Å². The molecule has 0 unspecified atom stereocenters. The lowest BCUT2D eigenvalue weighted by atomic mass is 9.46. The summed E-state index contributed by atoms with van der Waals surface area (Å²) in [7, 11) is 0. The molecule has 4 aliphatic carbocycles. The van der Waals surface area contributed by atoms with Crippen LogP contribution in [0.2, 0.25) is 0 Å². The Morgan fingerprint density at radius 2 is 1.84 bits per heavy atom. The van der Waals surface area contributed by atoms with E-state index in [0.29, 0.717) is 36.4 Å². The first-order chi connectivity index (χ1) is 15.1. The van der Waals surface area contributed by atoms with Gasteiger partial charge >= 0.3 is 11.9 Å². The van der Waals surface area contributed by atoms with E-state index in [1.54, 1.807) is 13.0 Å². The third kappa shape index (κ3) is 3.84. The number of carbonyl (C=O) groups is 4. The first-order valence-electron chi connectivity index (χ1n) is 12.2. The van der Waals surface area contributed by atoms with Crippen LogP contribution in [0, 0.1) is 34.5 Å². The van der Waals surface area contributed by atoms with Gasteiger partial charge in [-0.3, -0.25) is 19.2 Å². The first kappa shape index (κ1) is 23.2. The highest BCUT2D eigenvalue weighted by molar-refractivity contribution is 5.92. The number of fused-ring (bicyclic) bond motifs is 5. The summed E-state index contributed by atoms with van der Waals surface area (Å²) in [5.41, 5.74) is 0.801. The maximum atomic E-state index is 12.6. The van der Waals surface area contributed by atoms with Crippen LogP contribution >= 0.6 is 0 Å².